The summed E-state index contributed by atoms with van der Waals surface area (Å²) in [6.45, 7) is 19.8. The zero-order valence-electron chi connectivity index (χ0n) is 12.4. The molecule has 0 atom stereocenters. The van der Waals surface area contributed by atoms with Crippen LogP contribution in [0.3, 0.4) is 0 Å². The molecule has 0 aliphatic heterocycles. The van der Waals surface area contributed by atoms with Crippen LogP contribution in [0.25, 0.3) is 5.57 Å². The van der Waals surface area contributed by atoms with Crippen LogP contribution in [-0.2, 0) is 0 Å². The van der Waals surface area contributed by atoms with E-state index >= 15 is 0 Å². The second-order valence-corrected chi connectivity index (χ2v) is 4.77. The largest absolute Gasteiger partial charge is 0.0991 e. The van der Waals surface area contributed by atoms with Gasteiger partial charge in [0.05, 0.1) is 0 Å². The lowest BCUT2D eigenvalue weighted by Crippen LogP contribution is -1.89. The molecule has 0 heterocycles. The first kappa shape index (κ1) is 15.7. The summed E-state index contributed by atoms with van der Waals surface area (Å²) in [5.41, 5.74) is 6.46. The van der Waals surface area contributed by atoms with Gasteiger partial charge >= 0.3 is 0 Å². The van der Waals surface area contributed by atoms with E-state index in [9.17, 15) is 0 Å². The fourth-order valence-corrected chi connectivity index (χ4v) is 1.96. The van der Waals surface area contributed by atoms with E-state index in [4.69, 9.17) is 0 Å². The maximum absolute atomic E-state index is 4.06. The van der Waals surface area contributed by atoms with Crippen LogP contribution in [0.5, 0.6) is 0 Å². The average molecular weight is 262 g/mol. The first-order valence-corrected chi connectivity index (χ1v) is 6.58. The molecule has 0 saturated heterocycles. The monoisotopic (exact) mass is 262 g/mol. The molecule has 1 rings (SSSR count). The van der Waals surface area contributed by atoms with Gasteiger partial charge in [-0.1, -0.05) is 74.4 Å². The highest BCUT2D eigenvalue weighted by Crippen LogP contribution is 2.24. The second kappa shape index (κ2) is 7.30. The van der Waals surface area contributed by atoms with E-state index in [0.29, 0.717) is 0 Å². The maximum Gasteiger partial charge on any atom is -0.0155 e. The molecule has 0 heteroatoms. The Labute approximate surface area is 122 Å². The van der Waals surface area contributed by atoms with Crippen LogP contribution in [0.4, 0.5) is 0 Å². The van der Waals surface area contributed by atoms with Crippen LogP contribution in [0.2, 0.25) is 0 Å². The molecular formula is C20H22. The lowest BCUT2D eigenvalue weighted by Gasteiger charge is -2.09. The van der Waals surface area contributed by atoms with E-state index < -0.39 is 0 Å². The van der Waals surface area contributed by atoms with Crippen molar-refractivity contribution in [2.75, 3.05) is 0 Å². The Kier molecular flexibility index (Phi) is 5.74. The Hall–Kier alpha value is -2.34. The molecule has 0 amide bonds. The standard InChI is InChI=1S/C20H22/c1-7-9-10-16(4)17(5)14-19(8-2)20-12-11-15(3)13-18(20)6/h7-14H,1-2,4-5H2,3,6H3/b10-9-,19-14+. The molecule has 0 unspecified atom stereocenters. The molecule has 0 aromatic heterocycles. The topological polar surface area (TPSA) is 0 Å². The summed E-state index contributed by atoms with van der Waals surface area (Å²) in [6.07, 6.45) is 9.34. The quantitative estimate of drug-likeness (QED) is 0.574. The van der Waals surface area contributed by atoms with Gasteiger partial charge in [0.25, 0.3) is 0 Å². The van der Waals surface area contributed by atoms with Crippen LogP contribution >= 0.6 is 0 Å². The first-order valence-electron chi connectivity index (χ1n) is 6.58. The lowest BCUT2D eigenvalue weighted by atomic mass is 9.96. The van der Waals surface area contributed by atoms with Gasteiger partial charge in [-0.3, -0.25) is 0 Å². The van der Waals surface area contributed by atoms with Crippen molar-refractivity contribution in [2.24, 2.45) is 0 Å². The molecule has 0 aliphatic carbocycles. The molecule has 1 aromatic rings. The van der Waals surface area contributed by atoms with Gasteiger partial charge in [0.15, 0.2) is 0 Å². The molecule has 20 heavy (non-hydrogen) atoms. The minimum atomic E-state index is 0.869. The molecular weight excluding hydrogens is 240 g/mol. The molecule has 0 nitrogen and oxygen atoms in total. The zero-order chi connectivity index (χ0) is 15.1. The van der Waals surface area contributed by atoms with Crippen molar-refractivity contribution in [3.05, 3.63) is 103 Å². The Bertz CT molecular complexity index is 607. The summed E-state index contributed by atoms with van der Waals surface area (Å²) in [5, 5.41) is 0. The van der Waals surface area contributed by atoms with Crippen LogP contribution < -0.4 is 0 Å². The maximum atomic E-state index is 4.06. The fraction of sp³-hybridized carbons (Fsp3) is 0.100. The van der Waals surface area contributed by atoms with Gasteiger partial charge in [-0.25, -0.2) is 0 Å². The minimum Gasteiger partial charge on any atom is -0.0991 e. The van der Waals surface area contributed by atoms with Crippen LogP contribution in [0.15, 0.2) is 86.0 Å². The van der Waals surface area contributed by atoms with E-state index in [1.165, 1.54) is 16.7 Å². The number of benzene rings is 1. The van der Waals surface area contributed by atoms with Gasteiger partial charge in [-0.2, -0.15) is 0 Å². The third kappa shape index (κ3) is 4.10. The number of aryl methyl sites for hydroxylation is 2. The van der Waals surface area contributed by atoms with E-state index in [-0.39, 0.29) is 0 Å². The fourth-order valence-electron chi connectivity index (χ4n) is 1.96. The van der Waals surface area contributed by atoms with Crippen LogP contribution in [0.1, 0.15) is 16.7 Å². The normalized spacial score (nSPS) is 11.4. The Morgan fingerprint density at radius 1 is 1.05 bits per heavy atom. The van der Waals surface area contributed by atoms with E-state index in [1.807, 2.05) is 24.3 Å². The van der Waals surface area contributed by atoms with Crippen molar-refractivity contribution in [3.8, 4) is 0 Å². The number of allylic oxidation sites excluding steroid dienone is 8. The molecule has 0 spiro atoms. The van der Waals surface area contributed by atoms with Crippen molar-refractivity contribution in [1.29, 1.82) is 0 Å². The van der Waals surface area contributed by atoms with E-state index in [2.05, 4.69) is 58.4 Å². The molecule has 0 radical (unpaired) electrons. The SMILES string of the molecule is C=C/C=C\C(=C)C(=C)/C=C(\C=C)c1ccc(C)cc1C. The van der Waals surface area contributed by atoms with Crippen molar-refractivity contribution in [1.82, 2.24) is 0 Å². The molecule has 0 fully saturated rings. The Morgan fingerprint density at radius 2 is 1.75 bits per heavy atom. The van der Waals surface area contributed by atoms with E-state index in [0.717, 1.165) is 16.7 Å². The highest BCUT2D eigenvalue weighted by Gasteiger charge is 2.03. The minimum absolute atomic E-state index is 0.869. The summed E-state index contributed by atoms with van der Waals surface area (Å²) in [6, 6.07) is 6.39. The molecule has 0 aliphatic rings. The number of hydrogen-bond donors (Lipinski definition) is 0. The highest BCUT2D eigenvalue weighted by atomic mass is 14.1. The molecule has 102 valence electrons. The van der Waals surface area contributed by atoms with E-state index in [1.54, 1.807) is 6.08 Å². The molecule has 0 N–H and O–H groups in total. The van der Waals surface area contributed by atoms with Crippen molar-refractivity contribution >= 4 is 5.57 Å². The average Bonchev–Trinajstić information content (AvgIpc) is 2.42. The Balaban J connectivity index is 3.12. The third-order valence-electron chi connectivity index (χ3n) is 3.09. The zero-order valence-corrected chi connectivity index (χ0v) is 12.4. The predicted octanol–water partition coefficient (Wildman–Crippen LogP) is 5.73. The first-order chi connectivity index (χ1) is 9.49. The number of hydrogen-bond acceptors (Lipinski definition) is 0. The van der Waals surface area contributed by atoms with Gasteiger partial charge in [-0.05, 0) is 47.8 Å². The van der Waals surface area contributed by atoms with Crippen molar-refractivity contribution in [2.45, 2.75) is 13.8 Å². The smallest absolute Gasteiger partial charge is 0.0155 e. The van der Waals surface area contributed by atoms with Gasteiger partial charge < -0.3 is 0 Å². The van der Waals surface area contributed by atoms with Gasteiger partial charge in [0.2, 0.25) is 0 Å². The van der Waals surface area contributed by atoms with Crippen molar-refractivity contribution in [3.63, 3.8) is 0 Å². The number of rotatable bonds is 6. The van der Waals surface area contributed by atoms with Gasteiger partial charge in [0.1, 0.15) is 0 Å². The summed E-state index contributed by atoms with van der Waals surface area (Å²) in [4.78, 5) is 0. The molecule has 1 aromatic carbocycles. The van der Waals surface area contributed by atoms with Crippen LogP contribution in [0, 0.1) is 13.8 Å². The summed E-state index contributed by atoms with van der Waals surface area (Å²) in [7, 11) is 0. The second-order valence-electron chi connectivity index (χ2n) is 4.77. The van der Waals surface area contributed by atoms with Gasteiger partial charge in [0, 0.05) is 0 Å². The summed E-state index contributed by atoms with van der Waals surface area (Å²) < 4.78 is 0. The van der Waals surface area contributed by atoms with Crippen LogP contribution in [-0.4, -0.2) is 0 Å². The summed E-state index contributed by atoms with van der Waals surface area (Å²) in [5.74, 6) is 0. The molecule has 0 bridgehead atoms. The lowest BCUT2D eigenvalue weighted by molar-refractivity contribution is 1.36. The third-order valence-corrected chi connectivity index (χ3v) is 3.09. The van der Waals surface area contributed by atoms with Gasteiger partial charge in [-0.15, -0.1) is 0 Å². The predicted molar refractivity (Wildman–Crippen MR) is 91.7 cm³/mol. The summed E-state index contributed by atoms with van der Waals surface area (Å²) >= 11 is 0. The Morgan fingerprint density at radius 3 is 2.30 bits per heavy atom. The molecule has 0 saturated carbocycles. The highest BCUT2D eigenvalue weighted by molar-refractivity contribution is 5.78. The van der Waals surface area contributed by atoms with Crippen molar-refractivity contribution < 1.29 is 0 Å².